The van der Waals surface area contributed by atoms with Gasteiger partial charge in [0.1, 0.15) is 13.2 Å². The van der Waals surface area contributed by atoms with Crippen LogP contribution < -0.4 is 0 Å². The van der Waals surface area contributed by atoms with Crippen molar-refractivity contribution in [2.75, 3.05) is 13.2 Å². The molecule has 6 nitrogen and oxygen atoms in total. The largest absolute Gasteiger partial charge is 0.462 e. The molecule has 0 heterocycles. The number of carbonyl (C=O) groups is 3. The highest BCUT2D eigenvalue weighted by molar-refractivity contribution is 5.71. The molecule has 0 aliphatic heterocycles. The highest BCUT2D eigenvalue weighted by atomic mass is 16.6. The predicted octanol–water partition coefficient (Wildman–Crippen LogP) is 21.6. The first-order valence-corrected chi connectivity index (χ1v) is 31.8. The summed E-state index contributed by atoms with van der Waals surface area (Å²) in [6.45, 7) is 6.52. The molecule has 0 saturated carbocycles. The summed E-state index contributed by atoms with van der Waals surface area (Å²) in [6, 6.07) is 0. The van der Waals surface area contributed by atoms with Gasteiger partial charge in [0.2, 0.25) is 0 Å². The van der Waals surface area contributed by atoms with Crippen molar-refractivity contribution in [1.82, 2.24) is 0 Å². The highest BCUT2D eigenvalue weighted by Gasteiger charge is 2.19. The minimum Gasteiger partial charge on any atom is -0.462 e. The van der Waals surface area contributed by atoms with Crippen LogP contribution in [0.5, 0.6) is 0 Å². The Balaban J connectivity index is 4.00. The molecular weight excluding hydrogens is 901 g/mol. The van der Waals surface area contributed by atoms with Crippen molar-refractivity contribution in [1.29, 1.82) is 0 Å². The van der Waals surface area contributed by atoms with E-state index in [0.29, 0.717) is 19.3 Å². The van der Waals surface area contributed by atoms with Crippen LogP contribution in [-0.2, 0) is 28.6 Å². The molecule has 0 spiro atoms. The fraction of sp³-hybridized carbons (Fsp3) is 0.806. The third kappa shape index (κ3) is 59.9. The van der Waals surface area contributed by atoms with Gasteiger partial charge in [-0.2, -0.15) is 0 Å². The van der Waals surface area contributed by atoms with Crippen molar-refractivity contribution in [3.63, 3.8) is 0 Å². The maximum Gasteiger partial charge on any atom is 0.306 e. The zero-order valence-electron chi connectivity index (χ0n) is 48.7. The number of hydrogen-bond acceptors (Lipinski definition) is 6. The normalized spacial score (nSPS) is 12.4. The summed E-state index contributed by atoms with van der Waals surface area (Å²) in [5, 5.41) is 0. The van der Waals surface area contributed by atoms with Crippen molar-refractivity contribution in [3.05, 3.63) is 60.8 Å². The van der Waals surface area contributed by atoms with Crippen molar-refractivity contribution in [2.24, 2.45) is 0 Å². The summed E-state index contributed by atoms with van der Waals surface area (Å²) in [7, 11) is 0. The number of allylic oxidation sites excluding steroid dienone is 10. The molecule has 0 amide bonds. The first kappa shape index (κ1) is 70.1. The van der Waals surface area contributed by atoms with E-state index < -0.39 is 6.10 Å². The Kier molecular flexibility index (Phi) is 59.2. The first-order chi connectivity index (χ1) is 36.0. The van der Waals surface area contributed by atoms with Gasteiger partial charge in [-0.1, -0.05) is 287 Å². The van der Waals surface area contributed by atoms with Crippen LogP contribution in [0.4, 0.5) is 0 Å². The lowest BCUT2D eigenvalue weighted by molar-refractivity contribution is -0.167. The van der Waals surface area contributed by atoms with Crippen molar-refractivity contribution >= 4 is 17.9 Å². The van der Waals surface area contributed by atoms with Gasteiger partial charge < -0.3 is 14.2 Å². The fourth-order valence-electron chi connectivity index (χ4n) is 9.25. The van der Waals surface area contributed by atoms with Gasteiger partial charge in [-0.05, 0) is 83.5 Å². The lowest BCUT2D eigenvalue weighted by Gasteiger charge is -2.18. The average Bonchev–Trinajstić information content (AvgIpc) is 3.39. The van der Waals surface area contributed by atoms with Gasteiger partial charge in [-0.3, -0.25) is 14.4 Å². The summed E-state index contributed by atoms with van der Waals surface area (Å²) >= 11 is 0. The van der Waals surface area contributed by atoms with Gasteiger partial charge >= 0.3 is 17.9 Å². The Morgan fingerprint density at radius 2 is 0.534 bits per heavy atom. The van der Waals surface area contributed by atoms with E-state index in [1.165, 1.54) is 199 Å². The molecule has 0 aliphatic rings. The molecule has 0 radical (unpaired) electrons. The van der Waals surface area contributed by atoms with Gasteiger partial charge in [0.25, 0.3) is 0 Å². The average molecular weight is 1020 g/mol. The van der Waals surface area contributed by atoms with Gasteiger partial charge in [0.05, 0.1) is 0 Å². The highest BCUT2D eigenvalue weighted by Crippen LogP contribution is 2.17. The summed E-state index contributed by atoms with van der Waals surface area (Å²) in [5.74, 6) is -0.868. The minimum atomic E-state index is -0.772. The quantitative estimate of drug-likeness (QED) is 0.0261. The Morgan fingerprint density at radius 1 is 0.288 bits per heavy atom. The Hall–Kier alpha value is -2.89. The minimum absolute atomic E-state index is 0.0721. The second kappa shape index (κ2) is 61.7. The number of ether oxygens (including phenoxy) is 3. The Bertz CT molecular complexity index is 1310. The Labute approximate surface area is 453 Å². The van der Waals surface area contributed by atoms with Crippen LogP contribution in [0, 0.1) is 0 Å². The molecule has 0 bridgehead atoms. The van der Waals surface area contributed by atoms with E-state index in [1.807, 2.05) is 0 Å². The smallest absolute Gasteiger partial charge is 0.306 e. The molecule has 1 unspecified atom stereocenters. The first-order valence-electron chi connectivity index (χ1n) is 31.8. The van der Waals surface area contributed by atoms with Crippen LogP contribution >= 0.6 is 0 Å². The zero-order chi connectivity index (χ0) is 52.9. The summed E-state index contributed by atoms with van der Waals surface area (Å²) in [5.41, 5.74) is 0. The van der Waals surface area contributed by atoms with Crippen molar-refractivity contribution < 1.29 is 28.6 Å². The molecular formula is C67H120O6. The van der Waals surface area contributed by atoms with Gasteiger partial charge in [-0.25, -0.2) is 0 Å². The second-order valence-electron chi connectivity index (χ2n) is 21.3. The summed E-state index contributed by atoms with van der Waals surface area (Å²) in [4.78, 5) is 38.0. The molecule has 6 heteroatoms. The van der Waals surface area contributed by atoms with E-state index in [9.17, 15) is 14.4 Å². The van der Waals surface area contributed by atoms with E-state index in [4.69, 9.17) is 14.2 Å². The van der Waals surface area contributed by atoms with Crippen molar-refractivity contribution in [2.45, 2.75) is 335 Å². The maximum atomic E-state index is 12.8. The number of hydrogen-bond donors (Lipinski definition) is 0. The molecule has 0 fully saturated rings. The van der Waals surface area contributed by atoms with E-state index in [2.05, 4.69) is 81.5 Å². The molecule has 424 valence electrons. The summed E-state index contributed by atoms with van der Waals surface area (Å²) < 4.78 is 16.8. The standard InChI is InChI=1S/C67H120O6/c1-4-7-10-13-16-19-21-23-24-25-26-27-28-29-30-31-32-33-34-35-36-37-38-39-40-41-42-44-45-48-51-54-57-60-66(69)72-63-64(62-71-65(68)59-56-53-50-47-18-15-12-9-6-3)73-67(70)61-58-55-52-49-46-43-22-20-17-14-11-8-5-2/h7,10,16,19-20,22-24,26-27,64H,4-6,8-9,11-15,17-18,21,25,28-63H2,1-3H3/b10-7-,19-16-,22-20-,24-23-,27-26-. The summed E-state index contributed by atoms with van der Waals surface area (Å²) in [6.07, 6.45) is 78.3. The molecule has 0 rings (SSSR count). The van der Waals surface area contributed by atoms with E-state index in [0.717, 1.165) is 89.9 Å². The molecule has 0 saturated heterocycles. The molecule has 0 aromatic rings. The van der Waals surface area contributed by atoms with Crippen molar-refractivity contribution in [3.8, 4) is 0 Å². The second-order valence-corrected chi connectivity index (χ2v) is 21.3. The zero-order valence-corrected chi connectivity index (χ0v) is 48.7. The van der Waals surface area contributed by atoms with Crippen LogP contribution in [0.2, 0.25) is 0 Å². The molecule has 0 aromatic heterocycles. The molecule has 1 atom stereocenters. The number of rotatable bonds is 58. The third-order valence-electron chi connectivity index (χ3n) is 14.0. The van der Waals surface area contributed by atoms with E-state index in [1.54, 1.807) is 0 Å². The topological polar surface area (TPSA) is 78.9 Å². The van der Waals surface area contributed by atoms with Crippen LogP contribution in [0.15, 0.2) is 60.8 Å². The number of esters is 3. The van der Waals surface area contributed by atoms with Crippen LogP contribution in [0.3, 0.4) is 0 Å². The lowest BCUT2D eigenvalue weighted by atomic mass is 10.0. The van der Waals surface area contributed by atoms with E-state index in [-0.39, 0.29) is 31.1 Å². The Morgan fingerprint density at radius 3 is 0.863 bits per heavy atom. The molecule has 0 N–H and O–H groups in total. The predicted molar refractivity (Wildman–Crippen MR) is 316 cm³/mol. The number of carbonyl (C=O) groups excluding carboxylic acids is 3. The van der Waals surface area contributed by atoms with E-state index >= 15 is 0 Å². The monoisotopic (exact) mass is 1020 g/mol. The van der Waals surface area contributed by atoms with Crippen LogP contribution in [0.25, 0.3) is 0 Å². The fourth-order valence-corrected chi connectivity index (χ4v) is 9.25. The molecule has 0 aromatic carbocycles. The number of unbranched alkanes of at least 4 members (excludes halogenated alkanes) is 37. The van der Waals surface area contributed by atoms with Gasteiger partial charge in [0, 0.05) is 19.3 Å². The molecule has 0 aliphatic carbocycles. The van der Waals surface area contributed by atoms with Crippen LogP contribution in [-0.4, -0.2) is 37.2 Å². The SMILES string of the molecule is CC/C=C\C/C=C\C/C=C\C/C=C\CCCCCCCCCCCCCCCCCCCCCCC(=O)OCC(COC(=O)CCCCCCCCCCC)OC(=O)CCCCCCC/C=C\CCCCCC. The molecule has 73 heavy (non-hydrogen) atoms. The third-order valence-corrected chi connectivity index (χ3v) is 14.0. The lowest BCUT2D eigenvalue weighted by Crippen LogP contribution is -2.30. The van der Waals surface area contributed by atoms with Gasteiger partial charge in [0.15, 0.2) is 6.10 Å². The van der Waals surface area contributed by atoms with Crippen LogP contribution in [0.1, 0.15) is 329 Å². The maximum absolute atomic E-state index is 12.8. The van der Waals surface area contributed by atoms with Gasteiger partial charge in [-0.15, -0.1) is 0 Å².